The van der Waals surface area contributed by atoms with E-state index < -0.39 is 5.97 Å². The number of aliphatic carboxylic acids is 1. The molecule has 0 bridgehead atoms. The van der Waals surface area contributed by atoms with E-state index in [1.807, 2.05) is 18.7 Å². The molecule has 0 spiro atoms. The molecule has 2 heterocycles. The maximum absolute atomic E-state index is 9.00. The first-order chi connectivity index (χ1) is 8.68. The molecular weight excluding hydrogens is 242 g/mol. The number of nitrogens with one attached hydrogen (secondary N) is 1. The lowest BCUT2D eigenvalue weighted by molar-refractivity contribution is -0.134. The Balaban J connectivity index is 0. The van der Waals surface area contributed by atoms with Gasteiger partial charge in [0.2, 0.25) is 0 Å². The van der Waals surface area contributed by atoms with Crippen LogP contribution in [0.3, 0.4) is 0 Å². The van der Waals surface area contributed by atoms with Crippen LogP contribution in [0.15, 0.2) is 31.9 Å². The molecule has 1 aliphatic rings. The Hall–Kier alpha value is -1.62. The van der Waals surface area contributed by atoms with Crippen LogP contribution in [0.5, 0.6) is 0 Å². The van der Waals surface area contributed by atoms with Gasteiger partial charge >= 0.3 is 0 Å². The molecule has 0 aromatic carbocycles. The number of nitrogens with zero attached hydrogens (tertiary/aromatic N) is 2. The average Bonchev–Trinajstić information content (AvgIpc) is 3.02. The van der Waals surface area contributed by atoms with Crippen molar-refractivity contribution in [3.8, 4) is 0 Å². The normalized spacial score (nSPS) is 16.2. The fraction of sp³-hybridized carbons (Fsp3) is 0.571. The lowest BCUT2D eigenvalue weighted by atomic mass is 10.1. The first kappa shape index (κ1) is 19.7. The molecule has 110 valence electrons. The molecule has 5 heteroatoms. The maximum Gasteiger partial charge on any atom is 0.300 e. The fourth-order valence-corrected chi connectivity index (χ4v) is 1.73. The highest BCUT2D eigenvalue weighted by Gasteiger charge is 2.12. The first-order valence-corrected chi connectivity index (χ1v) is 6.07. The summed E-state index contributed by atoms with van der Waals surface area (Å²) in [7, 11) is 0. The van der Waals surface area contributed by atoms with Gasteiger partial charge in [-0.15, -0.1) is 13.2 Å². The Morgan fingerprint density at radius 2 is 2.21 bits per heavy atom. The summed E-state index contributed by atoms with van der Waals surface area (Å²) >= 11 is 0. The fourth-order valence-electron chi connectivity index (χ4n) is 1.73. The van der Waals surface area contributed by atoms with Gasteiger partial charge in [-0.05, 0) is 25.8 Å². The van der Waals surface area contributed by atoms with E-state index in [0.717, 1.165) is 19.5 Å². The Morgan fingerprint density at radius 3 is 2.63 bits per heavy atom. The number of carbonyl (C=O) groups is 1. The molecule has 0 aliphatic carbocycles. The Bertz CT molecular complexity index is 303. The van der Waals surface area contributed by atoms with Gasteiger partial charge in [-0.2, -0.15) is 0 Å². The van der Waals surface area contributed by atoms with E-state index in [1.165, 1.54) is 25.8 Å². The van der Waals surface area contributed by atoms with E-state index >= 15 is 0 Å². The molecule has 0 radical (unpaired) electrons. The topological polar surface area (TPSA) is 67.2 Å². The van der Waals surface area contributed by atoms with E-state index in [9.17, 15) is 0 Å². The Morgan fingerprint density at radius 1 is 1.58 bits per heavy atom. The molecule has 2 rings (SSSR count). The number of carboxylic acids is 1. The zero-order valence-corrected chi connectivity index (χ0v) is 11.0. The maximum atomic E-state index is 9.00. The molecule has 0 amide bonds. The second kappa shape index (κ2) is 12.8. The van der Waals surface area contributed by atoms with Crippen LogP contribution < -0.4 is 5.32 Å². The third-order valence-corrected chi connectivity index (χ3v) is 2.46. The number of hydrogen-bond acceptors (Lipinski definition) is 3. The summed E-state index contributed by atoms with van der Waals surface area (Å²) in [4.78, 5) is 13.0. The van der Waals surface area contributed by atoms with E-state index in [4.69, 9.17) is 9.90 Å². The number of carboxylic acid groups (broad SMARTS) is 1. The molecule has 1 aliphatic heterocycles. The van der Waals surface area contributed by atoms with Crippen molar-refractivity contribution in [2.24, 2.45) is 0 Å². The van der Waals surface area contributed by atoms with Gasteiger partial charge < -0.3 is 15.0 Å². The summed E-state index contributed by atoms with van der Waals surface area (Å²) < 4.78 is 2.14. The lowest BCUT2D eigenvalue weighted by Crippen LogP contribution is -2.22. The van der Waals surface area contributed by atoms with Gasteiger partial charge in [-0.1, -0.05) is 7.43 Å². The van der Waals surface area contributed by atoms with Gasteiger partial charge in [0.25, 0.3) is 5.97 Å². The zero-order valence-electron chi connectivity index (χ0n) is 11.0. The van der Waals surface area contributed by atoms with Gasteiger partial charge in [-0.3, -0.25) is 4.79 Å². The minimum atomic E-state index is -0.833. The Kier molecular flexibility index (Phi) is 13.3. The third kappa shape index (κ3) is 11.2. The van der Waals surface area contributed by atoms with Crippen molar-refractivity contribution in [3.05, 3.63) is 31.9 Å². The molecule has 1 aromatic rings. The summed E-state index contributed by atoms with van der Waals surface area (Å²) in [6, 6.07) is 0.743. The zero-order chi connectivity index (χ0) is 13.8. The highest BCUT2D eigenvalue weighted by molar-refractivity contribution is 5.62. The van der Waals surface area contributed by atoms with Crippen LogP contribution in [0.2, 0.25) is 0 Å². The van der Waals surface area contributed by atoms with Gasteiger partial charge in [0.05, 0.1) is 6.33 Å². The molecule has 1 saturated heterocycles. The van der Waals surface area contributed by atoms with Crippen molar-refractivity contribution in [1.29, 1.82) is 0 Å². The highest BCUT2D eigenvalue weighted by atomic mass is 16.4. The lowest BCUT2D eigenvalue weighted by Gasteiger charge is -2.09. The van der Waals surface area contributed by atoms with Crippen LogP contribution >= 0.6 is 0 Å². The minimum Gasteiger partial charge on any atom is -0.481 e. The van der Waals surface area contributed by atoms with Crippen molar-refractivity contribution in [3.63, 3.8) is 0 Å². The molecule has 19 heavy (non-hydrogen) atoms. The Labute approximate surface area is 116 Å². The van der Waals surface area contributed by atoms with Gasteiger partial charge in [-0.25, -0.2) is 4.98 Å². The van der Waals surface area contributed by atoms with E-state index in [-0.39, 0.29) is 7.43 Å². The van der Waals surface area contributed by atoms with Crippen LogP contribution in [0, 0.1) is 0 Å². The summed E-state index contributed by atoms with van der Waals surface area (Å²) in [5, 5.41) is 10.9. The largest absolute Gasteiger partial charge is 0.481 e. The number of aryl methyl sites for hydroxylation is 1. The van der Waals surface area contributed by atoms with Gasteiger partial charge in [0.15, 0.2) is 0 Å². The molecule has 1 atom stereocenters. The highest BCUT2D eigenvalue weighted by Crippen LogP contribution is 2.09. The van der Waals surface area contributed by atoms with Crippen molar-refractivity contribution < 1.29 is 9.90 Å². The minimum absolute atomic E-state index is 0. The van der Waals surface area contributed by atoms with Crippen LogP contribution in [-0.2, 0) is 11.3 Å². The molecule has 2 N–H and O–H groups in total. The molecule has 5 nitrogen and oxygen atoms in total. The number of aromatic nitrogens is 2. The summed E-state index contributed by atoms with van der Waals surface area (Å²) in [6.45, 7) is 9.38. The number of imidazole rings is 1. The molecule has 0 saturated carbocycles. The van der Waals surface area contributed by atoms with Crippen LogP contribution in [0.4, 0.5) is 0 Å². The summed E-state index contributed by atoms with van der Waals surface area (Å²) in [5.74, 6) is -0.833. The second-order valence-corrected chi connectivity index (χ2v) is 3.90. The second-order valence-electron chi connectivity index (χ2n) is 3.90. The third-order valence-electron chi connectivity index (χ3n) is 2.46. The molecule has 1 fully saturated rings. The van der Waals surface area contributed by atoms with Crippen LogP contribution in [0.25, 0.3) is 0 Å². The SMILES string of the molecule is C.C=C.CC(=O)O.c1cn(CCC2CCCN2)cn1. The molecule has 1 unspecified atom stereocenters. The van der Waals surface area contributed by atoms with E-state index in [0.29, 0.717) is 0 Å². The van der Waals surface area contributed by atoms with E-state index in [2.05, 4.69) is 28.0 Å². The number of hydrogen-bond donors (Lipinski definition) is 2. The van der Waals surface area contributed by atoms with Crippen molar-refractivity contribution in [1.82, 2.24) is 14.9 Å². The summed E-state index contributed by atoms with van der Waals surface area (Å²) in [5.41, 5.74) is 0. The van der Waals surface area contributed by atoms with Gasteiger partial charge in [0.1, 0.15) is 0 Å². The number of rotatable bonds is 3. The van der Waals surface area contributed by atoms with Crippen molar-refractivity contribution >= 4 is 5.97 Å². The van der Waals surface area contributed by atoms with Crippen LogP contribution in [-0.4, -0.2) is 33.2 Å². The molecule has 1 aromatic heterocycles. The monoisotopic (exact) mass is 269 g/mol. The van der Waals surface area contributed by atoms with Gasteiger partial charge in [0, 0.05) is 31.9 Å². The molecular formula is C14H27N3O2. The standard InChI is InChI=1S/C9H15N3.C2H4O2.C2H4.CH4/c1-2-9(11-4-1)3-6-12-7-5-10-8-12;1-2(3)4;1-2;/h5,7-9,11H,1-4,6H2;1H3,(H,3,4);1-2H2;1H4. The predicted molar refractivity (Wildman–Crippen MR) is 79.2 cm³/mol. The van der Waals surface area contributed by atoms with Crippen LogP contribution in [0.1, 0.15) is 33.6 Å². The van der Waals surface area contributed by atoms with Crippen molar-refractivity contribution in [2.75, 3.05) is 6.54 Å². The quantitative estimate of drug-likeness (QED) is 0.828. The van der Waals surface area contributed by atoms with E-state index in [1.54, 1.807) is 0 Å². The van der Waals surface area contributed by atoms with Crippen molar-refractivity contribution in [2.45, 2.75) is 46.2 Å². The average molecular weight is 269 g/mol. The predicted octanol–water partition coefficient (Wildman–Crippen LogP) is 2.55. The smallest absolute Gasteiger partial charge is 0.300 e. The summed E-state index contributed by atoms with van der Waals surface area (Å²) in [6.07, 6.45) is 9.66. The first-order valence-electron chi connectivity index (χ1n) is 6.07.